The summed E-state index contributed by atoms with van der Waals surface area (Å²) in [6.07, 6.45) is 3.25. The molecule has 0 amide bonds. The number of hydrogen-bond donors (Lipinski definition) is 1. The Hall–Kier alpha value is -2.61. The van der Waals surface area contributed by atoms with Gasteiger partial charge in [0.15, 0.2) is 17.3 Å². The third-order valence-corrected chi connectivity index (χ3v) is 3.77. The molecule has 1 aliphatic rings. The van der Waals surface area contributed by atoms with Gasteiger partial charge in [0.25, 0.3) is 5.88 Å². The maximum Gasteiger partial charge on any atom is 0.257 e. The average Bonchev–Trinajstić information content (AvgIpc) is 2.66. The maximum atomic E-state index is 13.3. The fraction of sp³-hybridized carbons (Fsp3) is 0.412. The second kappa shape index (κ2) is 8.48. The Morgan fingerprint density at radius 2 is 1.84 bits per heavy atom. The predicted octanol–water partition coefficient (Wildman–Crippen LogP) is 1.49. The fourth-order valence-corrected chi connectivity index (χ4v) is 2.57. The summed E-state index contributed by atoms with van der Waals surface area (Å²) in [6, 6.07) is 4.13. The lowest BCUT2D eigenvalue weighted by atomic mass is 10.3. The first-order chi connectivity index (χ1) is 12.3. The molecule has 3 rings (SSSR count). The largest absolute Gasteiger partial charge is 0.493 e. The van der Waals surface area contributed by atoms with Crippen LogP contribution in [0.2, 0.25) is 0 Å². The van der Waals surface area contributed by atoms with E-state index in [0.29, 0.717) is 17.4 Å². The van der Waals surface area contributed by atoms with Crippen LogP contribution < -0.4 is 24.4 Å². The van der Waals surface area contributed by atoms with E-state index < -0.39 is 0 Å². The zero-order valence-electron chi connectivity index (χ0n) is 14.1. The average molecular weight is 348 g/mol. The number of benzene rings is 1. The molecule has 1 aliphatic heterocycles. The van der Waals surface area contributed by atoms with Crippen molar-refractivity contribution in [3.63, 3.8) is 0 Å². The van der Waals surface area contributed by atoms with Crippen LogP contribution in [0.3, 0.4) is 0 Å². The molecule has 0 bridgehead atoms. The lowest BCUT2D eigenvalue weighted by Gasteiger charge is -2.28. The number of ether oxygens (including phenoxy) is 3. The van der Waals surface area contributed by atoms with Crippen LogP contribution in [0, 0.1) is 5.82 Å². The van der Waals surface area contributed by atoms with Crippen molar-refractivity contribution in [3.05, 3.63) is 36.4 Å². The fourth-order valence-electron chi connectivity index (χ4n) is 2.57. The van der Waals surface area contributed by atoms with Gasteiger partial charge in [-0.1, -0.05) is 0 Å². The van der Waals surface area contributed by atoms with Crippen molar-refractivity contribution in [2.75, 3.05) is 51.4 Å². The highest BCUT2D eigenvalue weighted by molar-refractivity contribution is 5.48. The Morgan fingerprint density at radius 3 is 2.64 bits per heavy atom. The molecule has 0 unspecified atom stereocenters. The van der Waals surface area contributed by atoms with Crippen LogP contribution in [0.15, 0.2) is 30.6 Å². The van der Waals surface area contributed by atoms with E-state index in [2.05, 4.69) is 20.2 Å². The molecule has 0 radical (unpaired) electrons. The molecule has 1 N–H and O–H groups in total. The zero-order chi connectivity index (χ0) is 17.5. The van der Waals surface area contributed by atoms with Gasteiger partial charge in [0.1, 0.15) is 19.0 Å². The Labute approximate surface area is 145 Å². The topological polar surface area (TPSA) is 68.7 Å². The molecule has 0 atom stereocenters. The van der Waals surface area contributed by atoms with E-state index in [9.17, 15) is 4.39 Å². The standard InChI is InChI=1S/C17H21FN4O3/c1-23-14-3-2-13(18)12-15(14)24-10-11-25-17-16(20-4-5-21-17)22-8-6-19-7-9-22/h2-5,12,19H,6-11H2,1H3. The second-order valence-electron chi connectivity index (χ2n) is 5.41. The van der Waals surface area contributed by atoms with Crippen LogP contribution in [-0.2, 0) is 0 Å². The zero-order valence-corrected chi connectivity index (χ0v) is 14.1. The van der Waals surface area contributed by atoms with E-state index in [-0.39, 0.29) is 19.0 Å². The van der Waals surface area contributed by atoms with Gasteiger partial charge in [0.05, 0.1) is 7.11 Å². The Bertz CT molecular complexity index is 695. The molecule has 25 heavy (non-hydrogen) atoms. The lowest BCUT2D eigenvalue weighted by Crippen LogP contribution is -2.44. The summed E-state index contributed by atoms with van der Waals surface area (Å²) in [4.78, 5) is 10.8. The summed E-state index contributed by atoms with van der Waals surface area (Å²) < 4.78 is 29.7. The van der Waals surface area contributed by atoms with Crippen LogP contribution >= 0.6 is 0 Å². The number of rotatable bonds is 7. The number of nitrogens with zero attached hydrogens (tertiary/aromatic N) is 3. The van der Waals surface area contributed by atoms with Crippen molar-refractivity contribution in [1.82, 2.24) is 15.3 Å². The van der Waals surface area contributed by atoms with E-state index in [1.807, 2.05) is 0 Å². The molecule has 0 aliphatic carbocycles. The Morgan fingerprint density at radius 1 is 1.08 bits per heavy atom. The normalized spacial score (nSPS) is 14.2. The number of hydrogen-bond acceptors (Lipinski definition) is 7. The molecule has 1 saturated heterocycles. The number of nitrogens with one attached hydrogen (secondary N) is 1. The number of anilines is 1. The van der Waals surface area contributed by atoms with Crippen LogP contribution in [0.5, 0.6) is 17.4 Å². The molecule has 0 saturated carbocycles. The predicted molar refractivity (Wildman–Crippen MR) is 91.1 cm³/mol. The molecule has 1 fully saturated rings. The van der Waals surface area contributed by atoms with Crippen LogP contribution in [-0.4, -0.2) is 56.5 Å². The summed E-state index contributed by atoms with van der Waals surface area (Å²) in [5.41, 5.74) is 0. The van der Waals surface area contributed by atoms with Crippen molar-refractivity contribution in [2.24, 2.45) is 0 Å². The first-order valence-electron chi connectivity index (χ1n) is 8.14. The van der Waals surface area contributed by atoms with E-state index in [1.54, 1.807) is 12.4 Å². The first kappa shape index (κ1) is 17.2. The molecule has 2 heterocycles. The van der Waals surface area contributed by atoms with Gasteiger partial charge in [-0.3, -0.25) is 0 Å². The molecule has 7 nitrogen and oxygen atoms in total. The minimum atomic E-state index is -0.383. The molecular formula is C17H21FN4O3. The SMILES string of the molecule is COc1ccc(F)cc1OCCOc1nccnc1N1CCNCC1. The van der Waals surface area contributed by atoms with E-state index in [0.717, 1.165) is 32.0 Å². The highest BCUT2D eigenvalue weighted by Gasteiger charge is 2.17. The van der Waals surface area contributed by atoms with Crippen molar-refractivity contribution >= 4 is 5.82 Å². The highest BCUT2D eigenvalue weighted by Crippen LogP contribution is 2.27. The Balaban J connectivity index is 1.57. The summed E-state index contributed by atoms with van der Waals surface area (Å²) in [5.74, 6) is 1.63. The molecule has 1 aromatic heterocycles. The van der Waals surface area contributed by atoms with Gasteiger partial charge in [0.2, 0.25) is 0 Å². The number of aromatic nitrogens is 2. The summed E-state index contributed by atoms with van der Waals surface area (Å²) in [5, 5.41) is 3.30. The van der Waals surface area contributed by atoms with E-state index in [1.165, 1.54) is 25.3 Å². The highest BCUT2D eigenvalue weighted by atomic mass is 19.1. The summed E-state index contributed by atoms with van der Waals surface area (Å²) in [6.45, 7) is 4.00. The van der Waals surface area contributed by atoms with Crippen molar-refractivity contribution in [2.45, 2.75) is 0 Å². The van der Waals surface area contributed by atoms with Gasteiger partial charge in [-0.15, -0.1) is 0 Å². The molecular weight excluding hydrogens is 327 g/mol. The molecule has 2 aromatic rings. The first-order valence-corrected chi connectivity index (χ1v) is 8.14. The van der Waals surface area contributed by atoms with Crippen molar-refractivity contribution in [1.29, 1.82) is 0 Å². The number of halogens is 1. The summed E-state index contributed by atoms with van der Waals surface area (Å²) in [7, 11) is 1.51. The van der Waals surface area contributed by atoms with Crippen molar-refractivity contribution in [3.8, 4) is 17.4 Å². The lowest BCUT2D eigenvalue weighted by molar-refractivity contribution is 0.205. The minimum absolute atomic E-state index is 0.234. The quantitative estimate of drug-likeness (QED) is 0.760. The van der Waals surface area contributed by atoms with Gasteiger partial charge in [0, 0.05) is 44.6 Å². The van der Waals surface area contributed by atoms with Crippen LogP contribution in [0.4, 0.5) is 10.2 Å². The molecule has 134 valence electrons. The second-order valence-corrected chi connectivity index (χ2v) is 5.41. The van der Waals surface area contributed by atoms with Gasteiger partial charge >= 0.3 is 0 Å². The van der Waals surface area contributed by atoms with Crippen LogP contribution in [0.1, 0.15) is 0 Å². The van der Waals surface area contributed by atoms with Gasteiger partial charge in [-0.25, -0.2) is 14.4 Å². The molecule has 0 spiro atoms. The van der Waals surface area contributed by atoms with Gasteiger partial charge < -0.3 is 24.4 Å². The van der Waals surface area contributed by atoms with Gasteiger partial charge in [-0.2, -0.15) is 0 Å². The molecule has 8 heteroatoms. The minimum Gasteiger partial charge on any atom is -0.493 e. The monoisotopic (exact) mass is 348 g/mol. The smallest absolute Gasteiger partial charge is 0.257 e. The van der Waals surface area contributed by atoms with E-state index in [4.69, 9.17) is 14.2 Å². The Kier molecular flexibility index (Phi) is 5.84. The third kappa shape index (κ3) is 4.48. The third-order valence-electron chi connectivity index (χ3n) is 3.77. The van der Waals surface area contributed by atoms with Crippen LogP contribution in [0.25, 0.3) is 0 Å². The number of methoxy groups -OCH3 is 1. The summed E-state index contributed by atoms with van der Waals surface area (Å²) >= 11 is 0. The van der Waals surface area contributed by atoms with Gasteiger partial charge in [-0.05, 0) is 12.1 Å². The van der Waals surface area contributed by atoms with E-state index >= 15 is 0 Å². The van der Waals surface area contributed by atoms with Crippen molar-refractivity contribution < 1.29 is 18.6 Å². The maximum absolute atomic E-state index is 13.3. The number of piperazine rings is 1. The molecule has 1 aromatic carbocycles.